The molecule has 0 aromatic rings. The molecule has 3 fully saturated rings. The van der Waals surface area contributed by atoms with Crippen LogP contribution in [0.3, 0.4) is 0 Å². The van der Waals surface area contributed by atoms with Gasteiger partial charge in [0.1, 0.15) is 5.60 Å². The zero-order chi connectivity index (χ0) is 20.0. The van der Waals surface area contributed by atoms with E-state index in [1.54, 1.807) is 12.2 Å². The standard InChI is InChI=1S/C22H29BrO4/c1-12-9-17-15-6-8-21(27,13(2)24)20(15,4)11-18(26)22(17,23)19(3)7-5-14(25)10-16(12)19/h5,7,10,12,15,17-18,26-27H,6,8-9,11H2,1-4H3/t12-,15-,17?,18-,19-,20-,21-,22-/m0/s1. The number of Topliss-reactive ketones (excluding diaryl/α,β-unsaturated/α-hetero) is 1. The van der Waals surface area contributed by atoms with Crippen LogP contribution in [0.15, 0.2) is 23.8 Å². The molecule has 0 bridgehead atoms. The lowest BCUT2D eigenvalue weighted by Gasteiger charge is -2.65. The van der Waals surface area contributed by atoms with Gasteiger partial charge in [-0.2, -0.15) is 0 Å². The largest absolute Gasteiger partial charge is 0.392 e. The molecule has 0 spiro atoms. The van der Waals surface area contributed by atoms with E-state index in [-0.39, 0.29) is 29.3 Å². The number of halogens is 1. The fourth-order valence-corrected chi connectivity index (χ4v) is 8.21. The Morgan fingerprint density at radius 2 is 1.96 bits per heavy atom. The van der Waals surface area contributed by atoms with Crippen molar-refractivity contribution in [3.8, 4) is 0 Å². The lowest BCUT2D eigenvalue weighted by molar-refractivity contribution is -0.169. The zero-order valence-electron chi connectivity index (χ0n) is 16.5. The summed E-state index contributed by atoms with van der Waals surface area (Å²) in [6.45, 7) is 7.71. The number of carbonyl (C=O) groups excluding carboxylic acids is 2. The summed E-state index contributed by atoms with van der Waals surface area (Å²) in [7, 11) is 0. The molecule has 1 unspecified atom stereocenters. The number of aliphatic hydroxyl groups is 2. The fourth-order valence-electron chi connectivity index (χ4n) is 7.18. The normalized spacial score (nSPS) is 54.0. The van der Waals surface area contributed by atoms with Crippen LogP contribution in [0.1, 0.15) is 53.4 Å². The molecule has 0 saturated heterocycles. The van der Waals surface area contributed by atoms with E-state index in [1.165, 1.54) is 6.92 Å². The van der Waals surface area contributed by atoms with Gasteiger partial charge in [-0.25, -0.2) is 0 Å². The summed E-state index contributed by atoms with van der Waals surface area (Å²) in [6.07, 6.45) is 7.02. The van der Waals surface area contributed by atoms with Gasteiger partial charge >= 0.3 is 0 Å². The molecule has 4 rings (SSSR count). The molecular weight excluding hydrogens is 408 g/mol. The van der Waals surface area contributed by atoms with Gasteiger partial charge in [0, 0.05) is 10.8 Å². The SMILES string of the molecule is CC(=O)[C@@]1(O)CC[C@H]2C3C[C@H](C)C4=CC(=O)C=C[C@]4(C)[C@@]3(Br)[C@@H](O)C[C@@]21C. The highest BCUT2D eigenvalue weighted by Gasteiger charge is 2.72. The number of carbonyl (C=O) groups is 2. The van der Waals surface area contributed by atoms with Gasteiger partial charge in [0.05, 0.1) is 10.4 Å². The van der Waals surface area contributed by atoms with Crippen molar-refractivity contribution in [2.45, 2.75) is 69.4 Å². The molecule has 2 N–H and O–H groups in total. The van der Waals surface area contributed by atoms with Gasteiger partial charge < -0.3 is 10.2 Å². The molecule has 3 saturated carbocycles. The van der Waals surface area contributed by atoms with E-state index >= 15 is 0 Å². The van der Waals surface area contributed by atoms with Crippen molar-refractivity contribution in [3.63, 3.8) is 0 Å². The van der Waals surface area contributed by atoms with Crippen LogP contribution in [0.25, 0.3) is 0 Å². The highest BCUT2D eigenvalue weighted by atomic mass is 79.9. The van der Waals surface area contributed by atoms with E-state index in [9.17, 15) is 19.8 Å². The highest BCUT2D eigenvalue weighted by Crippen LogP contribution is 2.71. The Kier molecular flexibility index (Phi) is 4.08. The van der Waals surface area contributed by atoms with Gasteiger partial charge in [0.2, 0.25) is 0 Å². The Hall–Kier alpha value is -0.780. The van der Waals surface area contributed by atoms with Crippen molar-refractivity contribution in [1.29, 1.82) is 0 Å². The third-order valence-electron chi connectivity index (χ3n) is 8.70. The first-order valence-corrected chi connectivity index (χ1v) is 10.8. The summed E-state index contributed by atoms with van der Waals surface area (Å²) in [6, 6.07) is 0. The monoisotopic (exact) mass is 436 g/mol. The molecule has 5 heteroatoms. The number of alkyl halides is 1. The van der Waals surface area contributed by atoms with Crippen LogP contribution < -0.4 is 0 Å². The van der Waals surface area contributed by atoms with Crippen LogP contribution in [0.5, 0.6) is 0 Å². The number of hydrogen-bond acceptors (Lipinski definition) is 4. The maximum atomic E-state index is 12.4. The molecule has 4 nitrogen and oxygen atoms in total. The number of ketones is 2. The van der Waals surface area contributed by atoms with E-state index in [4.69, 9.17) is 0 Å². The van der Waals surface area contributed by atoms with E-state index in [0.29, 0.717) is 12.8 Å². The van der Waals surface area contributed by atoms with Crippen LogP contribution >= 0.6 is 15.9 Å². The van der Waals surface area contributed by atoms with Gasteiger partial charge in [-0.15, -0.1) is 0 Å². The third-order valence-corrected chi connectivity index (χ3v) is 10.6. The van der Waals surface area contributed by atoms with Crippen LogP contribution in [-0.2, 0) is 9.59 Å². The molecule has 148 valence electrons. The molecule has 0 aromatic carbocycles. The molecule has 0 heterocycles. The predicted octanol–water partition coefficient (Wildman–Crippen LogP) is 3.35. The topological polar surface area (TPSA) is 74.6 Å². The Balaban J connectivity index is 1.86. The average Bonchev–Trinajstić information content (AvgIpc) is 2.85. The summed E-state index contributed by atoms with van der Waals surface area (Å²) in [4.78, 5) is 24.4. The van der Waals surface area contributed by atoms with Gasteiger partial charge in [-0.3, -0.25) is 9.59 Å². The molecule has 0 amide bonds. The van der Waals surface area contributed by atoms with E-state index in [2.05, 4.69) is 29.8 Å². The first kappa shape index (κ1) is 19.5. The number of aliphatic hydroxyl groups excluding tert-OH is 1. The van der Waals surface area contributed by atoms with Crippen LogP contribution in [0.2, 0.25) is 0 Å². The minimum atomic E-state index is -1.37. The maximum absolute atomic E-state index is 12.4. The Labute approximate surface area is 169 Å². The second kappa shape index (κ2) is 5.64. The first-order chi connectivity index (χ1) is 12.4. The number of hydrogen-bond donors (Lipinski definition) is 2. The van der Waals surface area contributed by atoms with E-state index in [1.807, 2.05) is 13.0 Å². The zero-order valence-corrected chi connectivity index (χ0v) is 18.0. The van der Waals surface area contributed by atoms with Gasteiger partial charge in [0.15, 0.2) is 11.6 Å². The second-order valence-electron chi connectivity index (χ2n) is 9.75. The summed E-state index contributed by atoms with van der Waals surface area (Å²) in [5.41, 5.74) is -1.40. The van der Waals surface area contributed by atoms with Gasteiger partial charge in [-0.05, 0) is 62.5 Å². The van der Waals surface area contributed by atoms with Crippen LogP contribution in [-0.4, -0.2) is 37.8 Å². The van der Waals surface area contributed by atoms with Crippen molar-refractivity contribution in [3.05, 3.63) is 23.8 Å². The summed E-state index contributed by atoms with van der Waals surface area (Å²) in [5.74, 6) is 0.266. The van der Waals surface area contributed by atoms with Crippen molar-refractivity contribution >= 4 is 27.5 Å². The predicted molar refractivity (Wildman–Crippen MR) is 106 cm³/mol. The minimum absolute atomic E-state index is 0.00540. The number of rotatable bonds is 1. The summed E-state index contributed by atoms with van der Waals surface area (Å²) in [5, 5.41) is 22.7. The highest BCUT2D eigenvalue weighted by molar-refractivity contribution is 9.10. The Morgan fingerprint density at radius 3 is 2.59 bits per heavy atom. The smallest absolute Gasteiger partial charge is 0.178 e. The van der Waals surface area contributed by atoms with E-state index < -0.39 is 26.9 Å². The lowest BCUT2D eigenvalue weighted by Crippen LogP contribution is -2.68. The van der Waals surface area contributed by atoms with Crippen molar-refractivity contribution < 1.29 is 19.8 Å². The Morgan fingerprint density at radius 1 is 1.30 bits per heavy atom. The minimum Gasteiger partial charge on any atom is -0.392 e. The molecule has 0 aromatic heterocycles. The Bertz CT molecular complexity index is 787. The number of fused-ring (bicyclic) bond motifs is 5. The van der Waals surface area contributed by atoms with Gasteiger partial charge in [0.25, 0.3) is 0 Å². The second-order valence-corrected chi connectivity index (χ2v) is 11.1. The molecule has 8 atom stereocenters. The molecular formula is C22H29BrO4. The molecule has 4 aliphatic rings. The summed E-state index contributed by atoms with van der Waals surface area (Å²) < 4.78 is -0.609. The molecule has 0 radical (unpaired) electrons. The summed E-state index contributed by atoms with van der Waals surface area (Å²) >= 11 is 4.00. The first-order valence-electron chi connectivity index (χ1n) is 9.97. The molecule has 4 aliphatic carbocycles. The lowest BCUT2D eigenvalue weighted by atomic mass is 9.44. The van der Waals surface area contributed by atoms with E-state index in [0.717, 1.165) is 18.4 Å². The van der Waals surface area contributed by atoms with Crippen molar-refractivity contribution in [1.82, 2.24) is 0 Å². The maximum Gasteiger partial charge on any atom is 0.178 e. The molecule has 27 heavy (non-hydrogen) atoms. The van der Waals surface area contributed by atoms with Gasteiger partial charge in [-0.1, -0.05) is 48.4 Å². The quantitative estimate of drug-likeness (QED) is 0.617. The van der Waals surface area contributed by atoms with Crippen molar-refractivity contribution in [2.24, 2.45) is 28.6 Å². The molecule has 0 aliphatic heterocycles. The fraction of sp³-hybridized carbons (Fsp3) is 0.727. The van der Waals surface area contributed by atoms with Crippen LogP contribution in [0, 0.1) is 28.6 Å². The average molecular weight is 437 g/mol. The third kappa shape index (κ3) is 2.11. The van der Waals surface area contributed by atoms with Crippen LogP contribution in [0.4, 0.5) is 0 Å². The number of allylic oxidation sites excluding steroid dienone is 4. The van der Waals surface area contributed by atoms with Crippen molar-refractivity contribution in [2.75, 3.05) is 0 Å².